The Bertz CT molecular complexity index is 1110. The molecule has 2 N–H and O–H groups in total. The van der Waals surface area contributed by atoms with Crippen LogP contribution in [0, 0.1) is 13.8 Å². The molecule has 2 heterocycles. The highest BCUT2D eigenvalue weighted by atomic mass is 16.3. The zero-order chi connectivity index (χ0) is 18.8. The molecule has 0 saturated carbocycles. The summed E-state index contributed by atoms with van der Waals surface area (Å²) in [5.74, 6) is 0.960. The van der Waals surface area contributed by atoms with E-state index in [4.69, 9.17) is 0 Å². The summed E-state index contributed by atoms with van der Waals surface area (Å²) in [7, 11) is 0. The molecule has 0 saturated heterocycles. The number of rotatable bonds is 4. The highest BCUT2D eigenvalue weighted by molar-refractivity contribution is 5.86. The van der Waals surface area contributed by atoms with E-state index in [1.54, 1.807) is 6.20 Å². The summed E-state index contributed by atoms with van der Waals surface area (Å²) in [5.41, 5.74) is 4.54. The minimum Gasteiger partial charge on any atom is -0.505 e. The van der Waals surface area contributed by atoms with E-state index in [9.17, 15) is 5.11 Å². The van der Waals surface area contributed by atoms with Crippen LogP contribution in [0.1, 0.15) is 28.4 Å². The van der Waals surface area contributed by atoms with Gasteiger partial charge in [-0.05, 0) is 37.6 Å². The molecule has 4 rings (SSSR count). The van der Waals surface area contributed by atoms with E-state index in [-0.39, 0.29) is 11.8 Å². The van der Waals surface area contributed by atoms with Gasteiger partial charge in [0.15, 0.2) is 0 Å². The van der Waals surface area contributed by atoms with Crippen LogP contribution in [0.3, 0.4) is 0 Å². The van der Waals surface area contributed by atoms with Gasteiger partial charge in [0.1, 0.15) is 17.1 Å². The van der Waals surface area contributed by atoms with Crippen LogP contribution in [-0.2, 0) is 0 Å². The van der Waals surface area contributed by atoms with Crippen LogP contribution in [0.15, 0.2) is 72.9 Å². The number of nitrogens with zero attached hydrogens (tertiary/aromatic N) is 2. The lowest BCUT2D eigenvalue weighted by Gasteiger charge is -2.22. The second-order valence-corrected chi connectivity index (χ2v) is 6.73. The normalized spacial score (nSPS) is 12.1. The number of anilines is 1. The maximum absolute atomic E-state index is 11.0. The maximum atomic E-state index is 11.0. The minimum atomic E-state index is -0.245. The van der Waals surface area contributed by atoms with Gasteiger partial charge in [-0.25, -0.2) is 4.98 Å². The van der Waals surface area contributed by atoms with Gasteiger partial charge in [-0.2, -0.15) is 0 Å². The highest BCUT2D eigenvalue weighted by Gasteiger charge is 2.20. The van der Waals surface area contributed by atoms with Gasteiger partial charge in [0.25, 0.3) is 0 Å². The molecule has 0 aliphatic rings. The summed E-state index contributed by atoms with van der Waals surface area (Å²) in [4.78, 5) is 8.93. The van der Waals surface area contributed by atoms with Crippen molar-refractivity contribution in [3.05, 3.63) is 95.3 Å². The first-order valence-corrected chi connectivity index (χ1v) is 8.95. The molecule has 27 heavy (non-hydrogen) atoms. The van der Waals surface area contributed by atoms with Crippen LogP contribution >= 0.6 is 0 Å². The van der Waals surface area contributed by atoms with Gasteiger partial charge in [-0.3, -0.25) is 4.98 Å². The Morgan fingerprint density at radius 1 is 0.926 bits per heavy atom. The van der Waals surface area contributed by atoms with E-state index in [0.717, 1.165) is 33.6 Å². The van der Waals surface area contributed by atoms with Crippen molar-refractivity contribution in [1.82, 2.24) is 9.97 Å². The van der Waals surface area contributed by atoms with E-state index in [1.165, 1.54) is 0 Å². The smallest absolute Gasteiger partial charge is 0.147 e. The van der Waals surface area contributed by atoms with Crippen LogP contribution in [0.2, 0.25) is 0 Å². The van der Waals surface area contributed by atoms with Gasteiger partial charge < -0.3 is 10.4 Å². The largest absolute Gasteiger partial charge is 0.505 e. The molecule has 0 spiro atoms. The van der Waals surface area contributed by atoms with Crippen molar-refractivity contribution in [2.75, 3.05) is 5.32 Å². The summed E-state index contributed by atoms with van der Waals surface area (Å²) < 4.78 is 0. The molecule has 4 heteroatoms. The fourth-order valence-corrected chi connectivity index (χ4v) is 3.34. The van der Waals surface area contributed by atoms with Crippen molar-refractivity contribution in [3.8, 4) is 5.75 Å². The Labute approximate surface area is 158 Å². The third-order valence-corrected chi connectivity index (χ3v) is 4.65. The average molecular weight is 355 g/mol. The number of aromatic hydroxyl groups is 1. The lowest BCUT2D eigenvalue weighted by Crippen LogP contribution is -2.14. The van der Waals surface area contributed by atoms with Gasteiger partial charge in [0.2, 0.25) is 0 Å². The minimum absolute atomic E-state index is 0.194. The number of hydrogen-bond acceptors (Lipinski definition) is 4. The molecule has 0 bridgehead atoms. The van der Waals surface area contributed by atoms with Gasteiger partial charge in [-0.1, -0.05) is 54.1 Å². The fraction of sp³-hybridized carbons (Fsp3) is 0.130. The van der Waals surface area contributed by atoms with E-state index in [0.29, 0.717) is 5.52 Å². The molecule has 4 nitrogen and oxygen atoms in total. The quantitative estimate of drug-likeness (QED) is 0.531. The molecule has 0 fully saturated rings. The second-order valence-electron chi connectivity index (χ2n) is 6.73. The molecule has 134 valence electrons. The summed E-state index contributed by atoms with van der Waals surface area (Å²) in [6, 6.07) is 21.7. The number of pyridine rings is 2. The molecule has 1 unspecified atom stereocenters. The van der Waals surface area contributed by atoms with Crippen molar-refractivity contribution in [1.29, 1.82) is 0 Å². The summed E-state index contributed by atoms with van der Waals surface area (Å²) in [6.45, 7) is 4.03. The zero-order valence-corrected chi connectivity index (χ0v) is 15.3. The Kier molecular flexibility index (Phi) is 4.47. The lowest BCUT2D eigenvalue weighted by atomic mass is 9.95. The highest BCUT2D eigenvalue weighted by Crippen LogP contribution is 2.36. The zero-order valence-electron chi connectivity index (χ0n) is 15.3. The monoisotopic (exact) mass is 355 g/mol. The van der Waals surface area contributed by atoms with Crippen LogP contribution in [0.4, 0.5) is 5.82 Å². The molecule has 2 aromatic heterocycles. The first kappa shape index (κ1) is 17.0. The van der Waals surface area contributed by atoms with Crippen LogP contribution in [-0.4, -0.2) is 15.1 Å². The Morgan fingerprint density at radius 3 is 2.59 bits per heavy atom. The Balaban J connectivity index is 1.86. The van der Waals surface area contributed by atoms with Crippen LogP contribution < -0.4 is 5.32 Å². The number of hydrogen-bond donors (Lipinski definition) is 2. The Morgan fingerprint density at radius 2 is 1.78 bits per heavy atom. The van der Waals surface area contributed by atoms with E-state index in [2.05, 4.69) is 40.4 Å². The van der Waals surface area contributed by atoms with E-state index >= 15 is 0 Å². The summed E-state index contributed by atoms with van der Waals surface area (Å²) in [5, 5.41) is 15.4. The SMILES string of the molecule is Cc1cccc(C(Nc2cccc(C)n2)c2ccc3cccnc3c2O)c1. The van der Waals surface area contributed by atoms with E-state index in [1.807, 2.05) is 55.5 Å². The number of aryl methyl sites for hydroxylation is 2. The molecular weight excluding hydrogens is 334 g/mol. The molecule has 0 aliphatic heterocycles. The van der Waals surface area contributed by atoms with Crippen molar-refractivity contribution in [2.45, 2.75) is 19.9 Å². The number of phenolic OH excluding ortho intramolecular Hbond substituents is 1. The average Bonchev–Trinajstić information content (AvgIpc) is 2.67. The van der Waals surface area contributed by atoms with Crippen molar-refractivity contribution in [2.24, 2.45) is 0 Å². The topological polar surface area (TPSA) is 58.0 Å². The van der Waals surface area contributed by atoms with Crippen LogP contribution in [0.25, 0.3) is 10.9 Å². The third-order valence-electron chi connectivity index (χ3n) is 4.65. The van der Waals surface area contributed by atoms with Gasteiger partial charge in [-0.15, -0.1) is 0 Å². The van der Waals surface area contributed by atoms with Crippen LogP contribution in [0.5, 0.6) is 5.75 Å². The first-order chi connectivity index (χ1) is 13.1. The molecule has 0 amide bonds. The van der Waals surface area contributed by atoms with E-state index < -0.39 is 0 Å². The predicted molar refractivity (Wildman–Crippen MR) is 109 cm³/mol. The molecular formula is C23H21N3O. The van der Waals surface area contributed by atoms with Gasteiger partial charge in [0.05, 0.1) is 6.04 Å². The second kappa shape index (κ2) is 7.08. The maximum Gasteiger partial charge on any atom is 0.147 e. The standard InChI is InChI=1S/C23H21N3O/c1-15-6-3-8-18(14-15)21(26-20-10-4-7-16(2)25-20)19-12-11-17-9-5-13-24-22(17)23(19)27/h3-14,21,27H,1-2H3,(H,25,26). The predicted octanol–water partition coefficient (Wildman–Crippen LogP) is 5.15. The number of benzene rings is 2. The van der Waals surface area contributed by atoms with Gasteiger partial charge in [0, 0.05) is 22.8 Å². The number of phenols is 1. The van der Waals surface area contributed by atoms with Crippen molar-refractivity contribution < 1.29 is 5.11 Å². The lowest BCUT2D eigenvalue weighted by molar-refractivity contribution is 0.471. The van der Waals surface area contributed by atoms with Crippen molar-refractivity contribution in [3.63, 3.8) is 0 Å². The molecule has 1 atom stereocenters. The molecule has 0 aliphatic carbocycles. The van der Waals surface area contributed by atoms with Crippen molar-refractivity contribution >= 4 is 16.7 Å². The molecule has 4 aromatic rings. The Hall–Kier alpha value is -3.40. The summed E-state index contributed by atoms with van der Waals surface area (Å²) in [6.07, 6.45) is 1.70. The number of aromatic nitrogens is 2. The number of nitrogens with one attached hydrogen (secondary N) is 1. The molecule has 2 aromatic carbocycles. The third kappa shape index (κ3) is 3.47. The first-order valence-electron chi connectivity index (χ1n) is 8.95. The molecule has 0 radical (unpaired) electrons. The number of fused-ring (bicyclic) bond motifs is 1. The summed E-state index contributed by atoms with van der Waals surface area (Å²) >= 11 is 0. The van der Waals surface area contributed by atoms with Gasteiger partial charge >= 0.3 is 0 Å². The fourth-order valence-electron chi connectivity index (χ4n) is 3.34.